The second-order valence-electron chi connectivity index (χ2n) is 5.04. The summed E-state index contributed by atoms with van der Waals surface area (Å²) >= 11 is 1.89. The lowest BCUT2D eigenvalue weighted by Gasteiger charge is -2.26. The number of rotatable bonds is 7. The lowest BCUT2D eigenvalue weighted by molar-refractivity contribution is 0.283. The van der Waals surface area contributed by atoms with E-state index < -0.39 is 0 Å². The lowest BCUT2D eigenvalue weighted by Crippen LogP contribution is -2.34. The molecule has 18 heavy (non-hydrogen) atoms. The fourth-order valence-electron chi connectivity index (χ4n) is 1.90. The quantitative estimate of drug-likeness (QED) is 0.762. The van der Waals surface area contributed by atoms with Crippen LogP contribution in [0.4, 0.5) is 0 Å². The fraction of sp³-hybridized carbons (Fsp3) is 0.600. The first-order valence-electron chi connectivity index (χ1n) is 6.67. The average molecular weight is 266 g/mol. The van der Waals surface area contributed by atoms with Gasteiger partial charge < -0.3 is 10.2 Å². The predicted octanol–water partition coefficient (Wildman–Crippen LogP) is 3.40. The standard InChI is InChI=1S/C15H26N2S/c1-6-18-14-9-7-13(8-10-14)15(17(4)5)11-16-12(2)3/h7-10,12,15-16H,6,11H2,1-5H3. The van der Waals surface area contributed by atoms with Crippen molar-refractivity contribution in [2.45, 2.75) is 37.8 Å². The first kappa shape index (κ1) is 15.5. The Labute approximate surface area is 116 Å². The highest BCUT2D eigenvalue weighted by Crippen LogP contribution is 2.22. The highest BCUT2D eigenvalue weighted by molar-refractivity contribution is 7.99. The first-order valence-corrected chi connectivity index (χ1v) is 7.65. The average Bonchev–Trinajstić information content (AvgIpc) is 2.31. The van der Waals surface area contributed by atoms with Crippen molar-refractivity contribution in [1.29, 1.82) is 0 Å². The molecule has 0 saturated carbocycles. The van der Waals surface area contributed by atoms with Gasteiger partial charge in [-0.2, -0.15) is 0 Å². The summed E-state index contributed by atoms with van der Waals surface area (Å²) < 4.78 is 0. The van der Waals surface area contributed by atoms with E-state index in [1.165, 1.54) is 10.5 Å². The van der Waals surface area contributed by atoms with Crippen molar-refractivity contribution in [1.82, 2.24) is 10.2 Å². The minimum Gasteiger partial charge on any atom is -0.313 e. The van der Waals surface area contributed by atoms with Crippen LogP contribution in [0.5, 0.6) is 0 Å². The Bertz CT molecular complexity index is 333. The Morgan fingerprint density at radius 2 is 1.78 bits per heavy atom. The first-order chi connectivity index (χ1) is 8.54. The molecule has 0 aliphatic carbocycles. The maximum absolute atomic E-state index is 3.52. The van der Waals surface area contributed by atoms with E-state index in [-0.39, 0.29) is 0 Å². The third-order valence-corrected chi connectivity index (χ3v) is 3.81. The number of benzene rings is 1. The molecular weight excluding hydrogens is 240 g/mol. The smallest absolute Gasteiger partial charge is 0.0466 e. The molecule has 1 atom stereocenters. The Kier molecular flexibility index (Phi) is 6.76. The van der Waals surface area contributed by atoms with Crippen molar-refractivity contribution in [3.05, 3.63) is 29.8 Å². The molecule has 1 rings (SSSR count). The number of nitrogens with zero attached hydrogens (tertiary/aromatic N) is 1. The Hall–Kier alpha value is -0.510. The van der Waals surface area contributed by atoms with E-state index in [9.17, 15) is 0 Å². The van der Waals surface area contributed by atoms with Gasteiger partial charge in [-0.15, -0.1) is 11.8 Å². The third-order valence-electron chi connectivity index (χ3n) is 2.92. The summed E-state index contributed by atoms with van der Waals surface area (Å²) in [5.74, 6) is 1.13. The van der Waals surface area contributed by atoms with Crippen LogP contribution in [-0.2, 0) is 0 Å². The highest BCUT2D eigenvalue weighted by Gasteiger charge is 2.14. The van der Waals surface area contributed by atoms with Crippen LogP contribution in [0.25, 0.3) is 0 Å². The second-order valence-corrected chi connectivity index (χ2v) is 6.38. The maximum Gasteiger partial charge on any atom is 0.0466 e. The molecule has 0 saturated heterocycles. The Morgan fingerprint density at radius 1 is 1.17 bits per heavy atom. The highest BCUT2D eigenvalue weighted by atomic mass is 32.2. The van der Waals surface area contributed by atoms with Crippen molar-refractivity contribution in [3.8, 4) is 0 Å². The number of likely N-dealkylation sites (N-methyl/N-ethyl adjacent to an activating group) is 1. The van der Waals surface area contributed by atoms with Crippen LogP contribution in [-0.4, -0.2) is 37.3 Å². The van der Waals surface area contributed by atoms with Gasteiger partial charge in [-0.05, 0) is 37.5 Å². The normalized spacial score (nSPS) is 13.3. The number of hydrogen-bond donors (Lipinski definition) is 1. The van der Waals surface area contributed by atoms with Crippen molar-refractivity contribution < 1.29 is 0 Å². The van der Waals surface area contributed by atoms with E-state index >= 15 is 0 Å². The van der Waals surface area contributed by atoms with E-state index in [1.807, 2.05) is 11.8 Å². The van der Waals surface area contributed by atoms with Crippen LogP contribution in [0.1, 0.15) is 32.4 Å². The minimum absolute atomic E-state index is 0.438. The zero-order valence-electron chi connectivity index (χ0n) is 12.2. The summed E-state index contributed by atoms with van der Waals surface area (Å²) in [4.78, 5) is 3.63. The van der Waals surface area contributed by atoms with Crippen molar-refractivity contribution in [2.75, 3.05) is 26.4 Å². The van der Waals surface area contributed by atoms with Gasteiger partial charge in [-0.3, -0.25) is 0 Å². The third kappa shape index (κ3) is 5.01. The molecule has 1 N–H and O–H groups in total. The van der Waals surface area contributed by atoms with Crippen LogP contribution >= 0.6 is 11.8 Å². The van der Waals surface area contributed by atoms with E-state index in [1.54, 1.807) is 0 Å². The van der Waals surface area contributed by atoms with Crippen LogP contribution in [0, 0.1) is 0 Å². The zero-order chi connectivity index (χ0) is 13.5. The van der Waals surface area contributed by atoms with Crippen LogP contribution < -0.4 is 5.32 Å². The molecular formula is C15H26N2S. The van der Waals surface area contributed by atoms with Crippen molar-refractivity contribution in [2.24, 2.45) is 0 Å². The van der Waals surface area contributed by atoms with E-state index in [0.717, 1.165) is 12.3 Å². The summed E-state index contributed by atoms with van der Waals surface area (Å²) in [5.41, 5.74) is 1.38. The molecule has 0 heterocycles. The molecule has 0 bridgehead atoms. The van der Waals surface area contributed by atoms with Gasteiger partial charge in [0.1, 0.15) is 0 Å². The van der Waals surface area contributed by atoms with E-state index in [4.69, 9.17) is 0 Å². The van der Waals surface area contributed by atoms with Crippen LogP contribution in [0.15, 0.2) is 29.2 Å². The van der Waals surface area contributed by atoms with Crippen LogP contribution in [0.2, 0.25) is 0 Å². The molecule has 0 fully saturated rings. The molecule has 1 aromatic rings. The summed E-state index contributed by atoms with van der Waals surface area (Å²) in [7, 11) is 4.28. The SMILES string of the molecule is CCSc1ccc(C(CNC(C)C)N(C)C)cc1. The summed E-state index contributed by atoms with van der Waals surface area (Å²) in [6.07, 6.45) is 0. The molecule has 0 radical (unpaired) electrons. The van der Waals surface area contributed by atoms with Gasteiger partial charge in [0.15, 0.2) is 0 Å². The molecule has 0 aromatic heterocycles. The molecule has 102 valence electrons. The lowest BCUT2D eigenvalue weighted by atomic mass is 10.1. The molecule has 0 aliphatic heterocycles. The molecule has 2 nitrogen and oxygen atoms in total. The molecule has 0 aliphatic rings. The van der Waals surface area contributed by atoms with Gasteiger partial charge >= 0.3 is 0 Å². The van der Waals surface area contributed by atoms with Gasteiger partial charge in [-0.25, -0.2) is 0 Å². The zero-order valence-corrected chi connectivity index (χ0v) is 13.1. The van der Waals surface area contributed by atoms with Gasteiger partial charge in [0.05, 0.1) is 0 Å². The van der Waals surface area contributed by atoms with Gasteiger partial charge in [0.25, 0.3) is 0 Å². The molecule has 0 amide bonds. The fourth-order valence-corrected chi connectivity index (χ4v) is 2.56. The van der Waals surface area contributed by atoms with Gasteiger partial charge in [-0.1, -0.05) is 32.9 Å². The van der Waals surface area contributed by atoms with E-state index in [2.05, 4.69) is 69.3 Å². The Balaban J connectivity index is 2.72. The summed E-state index contributed by atoms with van der Waals surface area (Å²) in [5, 5.41) is 3.52. The minimum atomic E-state index is 0.438. The van der Waals surface area contributed by atoms with Gasteiger partial charge in [0.2, 0.25) is 0 Å². The second kappa shape index (κ2) is 7.82. The predicted molar refractivity (Wildman–Crippen MR) is 82.4 cm³/mol. The number of nitrogens with one attached hydrogen (secondary N) is 1. The van der Waals surface area contributed by atoms with Crippen molar-refractivity contribution in [3.63, 3.8) is 0 Å². The number of hydrogen-bond acceptors (Lipinski definition) is 3. The van der Waals surface area contributed by atoms with Gasteiger partial charge in [0, 0.05) is 23.5 Å². The van der Waals surface area contributed by atoms with Crippen molar-refractivity contribution >= 4 is 11.8 Å². The Morgan fingerprint density at radius 3 is 2.22 bits per heavy atom. The summed E-state index contributed by atoms with van der Waals surface area (Å²) in [6, 6.07) is 9.94. The molecule has 1 aromatic carbocycles. The monoisotopic (exact) mass is 266 g/mol. The maximum atomic E-state index is 3.52. The molecule has 1 unspecified atom stereocenters. The largest absolute Gasteiger partial charge is 0.313 e. The molecule has 0 spiro atoms. The topological polar surface area (TPSA) is 15.3 Å². The number of thioether (sulfide) groups is 1. The van der Waals surface area contributed by atoms with Crippen LogP contribution in [0.3, 0.4) is 0 Å². The molecule has 3 heteroatoms. The van der Waals surface area contributed by atoms with E-state index in [0.29, 0.717) is 12.1 Å². The summed E-state index contributed by atoms with van der Waals surface area (Å²) in [6.45, 7) is 7.56.